The van der Waals surface area contributed by atoms with E-state index in [0.29, 0.717) is 0 Å². The van der Waals surface area contributed by atoms with Crippen LogP contribution in [0, 0.1) is 0 Å². The molecule has 5 heteroatoms. The van der Waals surface area contributed by atoms with E-state index >= 15 is 0 Å². The van der Waals surface area contributed by atoms with Crippen LogP contribution in [0.3, 0.4) is 0 Å². The molecule has 0 unspecified atom stereocenters. The Morgan fingerprint density at radius 1 is 1.33 bits per heavy atom. The first-order valence-electron chi connectivity index (χ1n) is 4.42. The van der Waals surface area contributed by atoms with Crippen molar-refractivity contribution >= 4 is 22.8 Å². The molecule has 0 fully saturated rings. The van der Waals surface area contributed by atoms with Crippen molar-refractivity contribution in [2.45, 2.75) is 19.1 Å². The summed E-state index contributed by atoms with van der Waals surface area (Å²) in [6, 6.07) is 4.40. The quantitative estimate of drug-likeness (QED) is 0.852. The average Bonchev–Trinajstić information content (AvgIpc) is 2.17. The summed E-state index contributed by atoms with van der Waals surface area (Å²) in [5.41, 5.74) is 0.0822. The lowest BCUT2D eigenvalue weighted by atomic mass is 10.3. The standard InChI is InChI=1S/C10H11NO3S/c1-6(2)15-10(14)8-5-3-4-7(11-8)9(12)13/h3-6H,1-2H3,(H,12,13). The minimum Gasteiger partial charge on any atom is -0.477 e. The van der Waals surface area contributed by atoms with Gasteiger partial charge in [-0.05, 0) is 12.1 Å². The fraction of sp³-hybridized carbons (Fsp3) is 0.300. The molecule has 0 spiro atoms. The zero-order valence-corrected chi connectivity index (χ0v) is 9.25. The minimum atomic E-state index is -1.13. The number of hydrogen-bond acceptors (Lipinski definition) is 4. The van der Waals surface area contributed by atoms with Crippen molar-refractivity contribution < 1.29 is 14.7 Å². The average molecular weight is 225 g/mol. The first-order valence-corrected chi connectivity index (χ1v) is 5.30. The van der Waals surface area contributed by atoms with E-state index in [1.54, 1.807) is 0 Å². The molecule has 1 aromatic heterocycles. The lowest BCUT2D eigenvalue weighted by Crippen LogP contribution is -2.06. The van der Waals surface area contributed by atoms with Gasteiger partial charge in [-0.25, -0.2) is 9.78 Å². The van der Waals surface area contributed by atoms with E-state index < -0.39 is 5.97 Å². The van der Waals surface area contributed by atoms with Crippen LogP contribution in [-0.4, -0.2) is 26.4 Å². The molecule has 0 amide bonds. The maximum Gasteiger partial charge on any atom is 0.354 e. The summed E-state index contributed by atoms with van der Waals surface area (Å²) in [5, 5.41) is 8.65. The fourth-order valence-corrected chi connectivity index (χ4v) is 1.60. The van der Waals surface area contributed by atoms with E-state index in [1.165, 1.54) is 18.2 Å². The molecule has 15 heavy (non-hydrogen) atoms. The molecule has 1 N–H and O–H groups in total. The number of carboxylic acids is 1. The highest BCUT2D eigenvalue weighted by molar-refractivity contribution is 8.14. The molecule has 1 aromatic rings. The molecule has 0 aliphatic rings. The van der Waals surface area contributed by atoms with Crippen molar-refractivity contribution in [1.82, 2.24) is 4.98 Å². The third-order valence-electron chi connectivity index (χ3n) is 1.52. The van der Waals surface area contributed by atoms with Crippen molar-refractivity contribution in [3.05, 3.63) is 29.6 Å². The first-order chi connectivity index (χ1) is 7.00. The number of aromatic carboxylic acids is 1. The van der Waals surface area contributed by atoms with Gasteiger partial charge in [-0.15, -0.1) is 0 Å². The maximum atomic E-state index is 11.5. The van der Waals surface area contributed by atoms with Gasteiger partial charge in [-0.1, -0.05) is 31.7 Å². The van der Waals surface area contributed by atoms with Gasteiger partial charge in [0.2, 0.25) is 5.12 Å². The number of aromatic nitrogens is 1. The molecule has 0 aliphatic carbocycles. The molecule has 0 saturated carbocycles. The summed E-state index contributed by atoms with van der Waals surface area (Å²) < 4.78 is 0. The smallest absolute Gasteiger partial charge is 0.354 e. The molecule has 0 bridgehead atoms. The molecule has 4 nitrogen and oxygen atoms in total. The molecule has 0 aliphatic heterocycles. The number of hydrogen-bond donors (Lipinski definition) is 1. The Morgan fingerprint density at radius 2 is 1.93 bits per heavy atom. The molecule has 1 heterocycles. The van der Waals surface area contributed by atoms with Crippen LogP contribution in [-0.2, 0) is 0 Å². The van der Waals surface area contributed by atoms with E-state index in [4.69, 9.17) is 5.11 Å². The highest BCUT2D eigenvalue weighted by Gasteiger charge is 2.12. The van der Waals surface area contributed by atoms with Crippen LogP contribution in [0.15, 0.2) is 18.2 Å². The lowest BCUT2D eigenvalue weighted by molar-refractivity contribution is 0.0690. The summed E-state index contributed by atoms with van der Waals surface area (Å²) in [6.45, 7) is 3.78. The van der Waals surface area contributed by atoms with Gasteiger partial charge in [-0.3, -0.25) is 4.79 Å². The van der Waals surface area contributed by atoms with Crippen molar-refractivity contribution in [3.8, 4) is 0 Å². The second-order valence-electron chi connectivity index (χ2n) is 3.17. The zero-order chi connectivity index (χ0) is 11.4. The van der Waals surface area contributed by atoms with Gasteiger partial charge >= 0.3 is 5.97 Å². The Morgan fingerprint density at radius 3 is 2.47 bits per heavy atom. The Labute approximate surface area is 91.7 Å². The molecule has 80 valence electrons. The van der Waals surface area contributed by atoms with Crippen LogP contribution in [0.5, 0.6) is 0 Å². The van der Waals surface area contributed by atoms with Gasteiger partial charge in [-0.2, -0.15) is 0 Å². The van der Waals surface area contributed by atoms with Crippen molar-refractivity contribution in [1.29, 1.82) is 0 Å². The predicted molar refractivity (Wildman–Crippen MR) is 58.3 cm³/mol. The van der Waals surface area contributed by atoms with Crippen LogP contribution in [0.1, 0.15) is 34.8 Å². The summed E-state index contributed by atoms with van der Waals surface area (Å²) in [5.74, 6) is -1.13. The van der Waals surface area contributed by atoms with Crippen molar-refractivity contribution in [3.63, 3.8) is 0 Å². The second-order valence-corrected chi connectivity index (χ2v) is 4.72. The van der Waals surface area contributed by atoms with Crippen LogP contribution in [0.2, 0.25) is 0 Å². The monoisotopic (exact) mass is 225 g/mol. The van der Waals surface area contributed by atoms with E-state index in [-0.39, 0.29) is 21.8 Å². The predicted octanol–water partition coefficient (Wildman–Crippen LogP) is 2.06. The summed E-state index contributed by atoms with van der Waals surface area (Å²) in [4.78, 5) is 25.9. The minimum absolute atomic E-state index is 0.106. The molecule has 0 radical (unpaired) electrons. The van der Waals surface area contributed by atoms with Crippen molar-refractivity contribution in [2.24, 2.45) is 0 Å². The molecule has 0 saturated heterocycles. The Hall–Kier alpha value is -1.36. The number of carboxylic acid groups (broad SMARTS) is 1. The lowest BCUT2D eigenvalue weighted by Gasteiger charge is -2.03. The topological polar surface area (TPSA) is 67.3 Å². The SMILES string of the molecule is CC(C)SC(=O)c1cccc(C(=O)O)n1. The second kappa shape index (κ2) is 4.93. The van der Waals surface area contributed by atoms with Gasteiger partial charge in [0.1, 0.15) is 11.4 Å². The highest BCUT2D eigenvalue weighted by Crippen LogP contribution is 2.15. The van der Waals surface area contributed by atoms with Gasteiger partial charge in [0.25, 0.3) is 0 Å². The summed E-state index contributed by atoms with van der Waals surface area (Å²) >= 11 is 1.13. The fourth-order valence-electron chi connectivity index (χ4n) is 0.942. The Balaban J connectivity index is 2.90. The molecule has 0 aromatic carbocycles. The van der Waals surface area contributed by atoms with Crippen LogP contribution >= 0.6 is 11.8 Å². The largest absolute Gasteiger partial charge is 0.477 e. The number of pyridine rings is 1. The van der Waals surface area contributed by atoms with Gasteiger partial charge in [0.05, 0.1) is 0 Å². The number of rotatable bonds is 3. The molecule has 1 rings (SSSR count). The van der Waals surface area contributed by atoms with Crippen molar-refractivity contribution in [2.75, 3.05) is 0 Å². The third kappa shape index (κ3) is 3.36. The number of carbonyl (C=O) groups is 2. The van der Waals surface area contributed by atoms with E-state index in [0.717, 1.165) is 11.8 Å². The van der Waals surface area contributed by atoms with Crippen LogP contribution in [0.4, 0.5) is 0 Å². The third-order valence-corrected chi connectivity index (χ3v) is 2.41. The van der Waals surface area contributed by atoms with Crippen LogP contribution in [0.25, 0.3) is 0 Å². The molecule has 0 atom stereocenters. The van der Waals surface area contributed by atoms with Gasteiger partial charge < -0.3 is 5.11 Å². The first kappa shape index (κ1) is 11.7. The number of carbonyl (C=O) groups excluding carboxylic acids is 1. The summed E-state index contributed by atoms with van der Waals surface area (Å²) in [6.07, 6.45) is 0. The van der Waals surface area contributed by atoms with Crippen LogP contribution < -0.4 is 0 Å². The zero-order valence-electron chi connectivity index (χ0n) is 8.43. The Bertz CT molecular complexity index is 390. The van der Waals surface area contributed by atoms with E-state index in [9.17, 15) is 9.59 Å². The molecular formula is C10H11NO3S. The van der Waals surface area contributed by atoms with Gasteiger partial charge in [0.15, 0.2) is 0 Å². The molecular weight excluding hydrogens is 214 g/mol. The summed E-state index contributed by atoms with van der Waals surface area (Å²) in [7, 11) is 0. The Kier molecular flexibility index (Phi) is 3.85. The highest BCUT2D eigenvalue weighted by atomic mass is 32.2. The number of thioether (sulfide) groups is 1. The van der Waals surface area contributed by atoms with E-state index in [1.807, 2.05) is 13.8 Å². The maximum absolute atomic E-state index is 11.5. The van der Waals surface area contributed by atoms with Gasteiger partial charge in [0, 0.05) is 5.25 Å². The number of nitrogens with zero attached hydrogens (tertiary/aromatic N) is 1. The normalized spacial score (nSPS) is 10.3. The van der Waals surface area contributed by atoms with E-state index in [2.05, 4.69) is 4.98 Å².